The van der Waals surface area contributed by atoms with Crippen molar-refractivity contribution in [2.24, 2.45) is 10.8 Å². The minimum absolute atomic E-state index is 0.293. The number of hydrogen-bond acceptors (Lipinski definition) is 6. The number of aromatic amines is 2. The van der Waals surface area contributed by atoms with E-state index in [4.69, 9.17) is 19.4 Å². The summed E-state index contributed by atoms with van der Waals surface area (Å²) in [4.78, 5) is 42.1. The van der Waals surface area contributed by atoms with Crippen LogP contribution >= 0.6 is 0 Å². The van der Waals surface area contributed by atoms with Crippen LogP contribution in [0.2, 0.25) is 0 Å². The lowest BCUT2D eigenvalue weighted by atomic mass is 9.86. The van der Waals surface area contributed by atoms with Gasteiger partial charge in [0.05, 0.1) is 29.2 Å². The lowest BCUT2D eigenvalue weighted by Crippen LogP contribution is -2.40. The molecule has 0 fully saturated rings. The Morgan fingerprint density at radius 2 is 1.20 bits per heavy atom. The normalized spacial score (nSPS) is 14.6. The number of amides is 2. The summed E-state index contributed by atoms with van der Waals surface area (Å²) < 4.78 is 11.1. The predicted octanol–water partition coefficient (Wildman–Crippen LogP) is 9.46. The molecule has 268 valence electrons. The molecule has 2 aromatic carbocycles. The number of benzene rings is 2. The highest BCUT2D eigenvalue weighted by molar-refractivity contribution is 5.76. The molecule has 0 radical (unpaired) electrons. The quantitative estimate of drug-likeness (QED) is 0.160. The molecule has 0 bridgehead atoms. The predicted molar refractivity (Wildman–Crippen MR) is 198 cm³/mol. The Bertz CT molecular complexity index is 1840. The number of nitrogens with one attached hydrogen (secondary N) is 4. The third-order valence-electron chi connectivity index (χ3n) is 8.52. The SMILES string of the molecule is CC(C)(C)OC(=O)NC(c1nc(-c2ccc(-c3ccc4c(c3)CCc3nc(C(NC(=O)OC(C)(C)C)C(C)(C)C)[nH]c3-4)cc2)c[nH]1)C(C)(C)C. The van der Waals surface area contributed by atoms with Crippen molar-refractivity contribution in [3.8, 4) is 33.6 Å². The van der Waals surface area contributed by atoms with Gasteiger partial charge in [-0.05, 0) is 81.9 Å². The van der Waals surface area contributed by atoms with Crippen molar-refractivity contribution >= 4 is 12.2 Å². The summed E-state index contributed by atoms with van der Waals surface area (Å²) in [6.45, 7) is 23.5. The van der Waals surface area contributed by atoms with Crippen molar-refractivity contribution in [1.82, 2.24) is 30.6 Å². The number of nitrogens with zero attached hydrogens (tertiary/aromatic N) is 2. The molecule has 4 N–H and O–H groups in total. The second kappa shape index (κ2) is 13.3. The summed E-state index contributed by atoms with van der Waals surface area (Å²) in [6, 6.07) is 14.2. The first kappa shape index (κ1) is 36.7. The summed E-state index contributed by atoms with van der Waals surface area (Å²) in [5.74, 6) is 1.41. The third-order valence-corrected chi connectivity index (χ3v) is 8.52. The van der Waals surface area contributed by atoms with Crippen LogP contribution in [0.5, 0.6) is 0 Å². The number of fused-ring (bicyclic) bond motifs is 3. The van der Waals surface area contributed by atoms with Crippen LogP contribution in [-0.2, 0) is 22.3 Å². The molecule has 10 nitrogen and oxygen atoms in total. The average Bonchev–Trinajstić information content (AvgIpc) is 3.63. The summed E-state index contributed by atoms with van der Waals surface area (Å²) in [5.41, 5.74) is 6.65. The van der Waals surface area contributed by atoms with E-state index < -0.39 is 23.4 Å². The standard InChI is InChI=1S/C40H54N6O4/c1-37(2,3)31(45-35(47)49-39(7,8)9)33-41-22-29(43-33)24-15-13-23(14-16-24)25-17-19-27-26(21-25)18-20-28-30(27)44-34(42-28)32(38(4,5)6)46-36(48)50-40(10,11)12/h13-17,19,21-22,31-32H,18,20H2,1-12H3,(H,41,43)(H,42,44)(H,45,47)(H,46,48). The van der Waals surface area contributed by atoms with Gasteiger partial charge in [-0.1, -0.05) is 84.0 Å². The van der Waals surface area contributed by atoms with Crippen LogP contribution < -0.4 is 10.6 Å². The highest BCUT2D eigenvalue weighted by Gasteiger charge is 2.35. The van der Waals surface area contributed by atoms with Crippen LogP contribution in [0.25, 0.3) is 33.6 Å². The van der Waals surface area contributed by atoms with Gasteiger partial charge in [0.1, 0.15) is 22.9 Å². The maximum absolute atomic E-state index is 12.7. The van der Waals surface area contributed by atoms with Crippen LogP contribution in [-0.4, -0.2) is 43.3 Å². The molecule has 1 aliphatic carbocycles. The van der Waals surface area contributed by atoms with Gasteiger partial charge in [0, 0.05) is 17.3 Å². The second-order valence-corrected chi connectivity index (χ2v) is 17.5. The van der Waals surface area contributed by atoms with E-state index in [-0.39, 0.29) is 22.9 Å². The fourth-order valence-corrected chi connectivity index (χ4v) is 6.15. The van der Waals surface area contributed by atoms with Gasteiger partial charge >= 0.3 is 12.2 Å². The monoisotopic (exact) mass is 682 g/mol. The third kappa shape index (κ3) is 8.76. The Morgan fingerprint density at radius 1 is 0.680 bits per heavy atom. The largest absolute Gasteiger partial charge is 0.444 e. The number of rotatable bonds is 6. The Balaban J connectivity index is 1.34. The number of alkyl carbamates (subject to hydrolysis) is 2. The molecule has 1 aliphatic rings. The smallest absolute Gasteiger partial charge is 0.408 e. The molecule has 2 amide bonds. The average molecular weight is 683 g/mol. The number of ether oxygens (including phenoxy) is 2. The summed E-state index contributed by atoms with van der Waals surface area (Å²) >= 11 is 0. The van der Waals surface area contributed by atoms with Gasteiger partial charge in [0.15, 0.2) is 0 Å². The number of carbonyl (C=O) groups is 2. The Hall–Kier alpha value is -4.60. The summed E-state index contributed by atoms with van der Waals surface area (Å²) in [6.07, 6.45) is 2.63. The molecule has 2 heterocycles. The van der Waals surface area contributed by atoms with Crippen molar-refractivity contribution in [3.05, 3.63) is 71.6 Å². The zero-order chi connectivity index (χ0) is 36.8. The molecule has 2 unspecified atom stereocenters. The highest BCUT2D eigenvalue weighted by atomic mass is 16.6. The van der Waals surface area contributed by atoms with Crippen LogP contribution in [0.1, 0.15) is 118 Å². The lowest BCUT2D eigenvalue weighted by Gasteiger charge is -2.31. The van der Waals surface area contributed by atoms with Gasteiger partial charge in [0.25, 0.3) is 0 Å². The summed E-state index contributed by atoms with van der Waals surface area (Å²) in [7, 11) is 0. The van der Waals surface area contributed by atoms with Gasteiger partial charge in [0.2, 0.25) is 0 Å². The molecule has 2 aromatic heterocycles. The fourth-order valence-electron chi connectivity index (χ4n) is 6.15. The Morgan fingerprint density at radius 3 is 1.74 bits per heavy atom. The zero-order valence-corrected chi connectivity index (χ0v) is 31.7. The Kier molecular flexibility index (Phi) is 9.73. The van der Waals surface area contributed by atoms with Gasteiger partial charge in [-0.25, -0.2) is 19.6 Å². The maximum Gasteiger partial charge on any atom is 0.408 e. The van der Waals surface area contributed by atoms with Crippen LogP contribution in [0, 0.1) is 10.8 Å². The van der Waals surface area contributed by atoms with Crippen molar-refractivity contribution in [2.45, 2.75) is 119 Å². The second-order valence-electron chi connectivity index (χ2n) is 17.5. The molecule has 50 heavy (non-hydrogen) atoms. The van der Waals surface area contributed by atoms with E-state index in [1.807, 2.05) is 47.7 Å². The van der Waals surface area contributed by atoms with Crippen molar-refractivity contribution in [2.75, 3.05) is 0 Å². The zero-order valence-electron chi connectivity index (χ0n) is 31.7. The number of carbonyl (C=O) groups excluding carboxylic acids is 2. The lowest BCUT2D eigenvalue weighted by molar-refractivity contribution is 0.0448. The number of imidazole rings is 2. The molecule has 0 saturated heterocycles. The van der Waals surface area contributed by atoms with E-state index >= 15 is 0 Å². The van der Waals surface area contributed by atoms with Crippen molar-refractivity contribution in [3.63, 3.8) is 0 Å². The molecule has 0 saturated carbocycles. The van der Waals surface area contributed by atoms with E-state index in [0.717, 1.165) is 58.0 Å². The van der Waals surface area contributed by atoms with Gasteiger partial charge in [-0.15, -0.1) is 0 Å². The molecule has 5 rings (SSSR count). The minimum atomic E-state index is -0.593. The van der Waals surface area contributed by atoms with Crippen LogP contribution in [0.4, 0.5) is 9.59 Å². The summed E-state index contributed by atoms with van der Waals surface area (Å²) in [5, 5.41) is 6.06. The minimum Gasteiger partial charge on any atom is -0.444 e. The number of aryl methyl sites for hydroxylation is 2. The topological polar surface area (TPSA) is 134 Å². The molecule has 2 atom stereocenters. The van der Waals surface area contributed by atoms with E-state index in [1.165, 1.54) is 5.56 Å². The molecule has 4 aromatic rings. The van der Waals surface area contributed by atoms with Gasteiger partial charge < -0.3 is 30.1 Å². The van der Waals surface area contributed by atoms with E-state index in [2.05, 4.69) is 105 Å². The van der Waals surface area contributed by atoms with Gasteiger partial charge in [-0.3, -0.25) is 0 Å². The number of H-pyrrole nitrogens is 2. The highest BCUT2D eigenvalue weighted by Crippen LogP contribution is 2.39. The number of hydrogen-bond donors (Lipinski definition) is 4. The molecule has 10 heteroatoms. The van der Waals surface area contributed by atoms with E-state index in [0.29, 0.717) is 5.82 Å². The fraction of sp³-hybridized carbons (Fsp3) is 0.500. The molecular weight excluding hydrogens is 628 g/mol. The van der Waals surface area contributed by atoms with Crippen molar-refractivity contribution < 1.29 is 19.1 Å². The molecular formula is C40H54N6O4. The first-order chi connectivity index (χ1) is 23.1. The first-order valence-electron chi connectivity index (χ1n) is 17.4. The molecule has 0 spiro atoms. The van der Waals surface area contributed by atoms with Gasteiger partial charge in [-0.2, -0.15) is 0 Å². The maximum atomic E-state index is 12.7. The Labute approximate surface area is 296 Å². The number of aromatic nitrogens is 4. The first-order valence-corrected chi connectivity index (χ1v) is 17.4. The molecule has 0 aliphatic heterocycles. The van der Waals surface area contributed by atoms with E-state index in [1.54, 1.807) is 0 Å². The van der Waals surface area contributed by atoms with Crippen LogP contribution in [0.15, 0.2) is 48.7 Å². The van der Waals surface area contributed by atoms with E-state index in [9.17, 15) is 9.59 Å². The van der Waals surface area contributed by atoms with Crippen LogP contribution in [0.3, 0.4) is 0 Å². The van der Waals surface area contributed by atoms with Crippen molar-refractivity contribution in [1.29, 1.82) is 0 Å².